The van der Waals surface area contributed by atoms with E-state index >= 15 is 0 Å². The Morgan fingerprint density at radius 3 is 2.76 bits per heavy atom. The fourth-order valence-electron chi connectivity index (χ4n) is 2.41. The summed E-state index contributed by atoms with van der Waals surface area (Å²) in [6.45, 7) is 4.98. The first kappa shape index (κ1) is 17.4. The Bertz CT molecular complexity index is 917. The van der Waals surface area contributed by atoms with Gasteiger partial charge in [0.05, 0.1) is 28.4 Å². The molecule has 1 amide bonds. The molecule has 2 heterocycles. The molecule has 2 aromatic heterocycles. The minimum atomic E-state index is -0.288. The van der Waals surface area contributed by atoms with Gasteiger partial charge in [-0.05, 0) is 31.5 Å². The van der Waals surface area contributed by atoms with E-state index in [4.69, 9.17) is 23.2 Å². The maximum absolute atomic E-state index is 12.3. The van der Waals surface area contributed by atoms with Gasteiger partial charge in [0.25, 0.3) is 5.91 Å². The zero-order valence-electron chi connectivity index (χ0n) is 13.7. The molecule has 0 saturated heterocycles. The van der Waals surface area contributed by atoms with Crippen molar-refractivity contribution in [2.75, 3.05) is 5.32 Å². The fourth-order valence-corrected chi connectivity index (χ4v) is 2.73. The molecule has 3 aromatic rings. The van der Waals surface area contributed by atoms with Crippen LogP contribution in [0.15, 0.2) is 30.7 Å². The van der Waals surface area contributed by atoms with Crippen LogP contribution >= 0.6 is 23.2 Å². The molecule has 0 spiro atoms. The summed E-state index contributed by atoms with van der Waals surface area (Å²) in [5.74, 6) is -0.0572. The zero-order chi connectivity index (χ0) is 18.0. The van der Waals surface area contributed by atoms with Crippen molar-refractivity contribution < 1.29 is 4.79 Å². The molecule has 0 aliphatic rings. The molecular weight excluding hydrogens is 363 g/mol. The SMILES string of the molecule is CCn1ncc(C(=O)Nc2ncn(Cc3ccc(Cl)c(Cl)c3)n2)c1C. The van der Waals surface area contributed by atoms with Crippen LogP contribution in [-0.4, -0.2) is 30.5 Å². The van der Waals surface area contributed by atoms with Crippen molar-refractivity contribution in [1.29, 1.82) is 0 Å². The number of carbonyl (C=O) groups is 1. The number of aryl methyl sites for hydroxylation is 1. The highest BCUT2D eigenvalue weighted by Crippen LogP contribution is 2.23. The van der Waals surface area contributed by atoms with E-state index in [0.29, 0.717) is 28.7 Å². The molecular formula is C16H16Cl2N6O. The lowest BCUT2D eigenvalue weighted by Gasteiger charge is -2.03. The molecule has 0 saturated carbocycles. The third-order valence-electron chi connectivity index (χ3n) is 3.74. The third-order valence-corrected chi connectivity index (χ3v) is 4.48. The molecule has 0 aliphatic carbocycles. The van der Waals surface area contributed by atoms with Crippen molar-refractivity contribution in [2.45, 2.75) is 26.9 Å². The van der Waals surface area contributed by atoms with Crippen molar-refractivity contribution in [3.63, 3.8) is 0 Å². The summed E-state index contributed by atoms with van der Waals surface area (Å²) in [6.07, 6.45) is 3.08. The number of hydrogen-bond acceptors (Lipinski definition) is 4. The summed E-state index contributed by atoms with van der Waals surface area (Å²) in [5, 5.41) is 12.1. The Kier molecular flexibility index (Phi) is 5.06. The monoisotopic (exact) mass is 378 g/mol. The maximum atomic E-state index is 12.3. The molecule has 0 bridgehead atoms. The fraction of sp³-hybridized carbons (Fsp3) is 0.250. The van der Waals surface area contributed by atoms with Crippen molar-refractivity contribution in [2.24, 2.45) is 0 Å². The number of amides is 1. The van der Waals surface area contributed by atoms with Crippen LogP contribution in [0.4, 0.5) is 5.95 Å². The van der Waals surface area contributed by atoms with Crippen LogP contribution in [0.25, 0.3) is 0 Å². The quantitative estimate of drug-likeness (QED) is 0.737. The Morgan fingerprint density at radius 2 is 2.08 bits per heavy atom. The van der Waals surface area contributed by atoms with Crippen LogP contribution in [0.2, 0.25) is 10.0 Å². The topological polar surface area (TPSA) is 77.6 Å². The minimum absolute atomic E-state index is 0.230. The van der Waals surface area contributed by atoms with Crippen LogP contribution in [-0.2, 0) is 13.1 Å². The number of anilines is 1. The van der Waals surface area contributed by atoms with Gasteiger partial charge in [-0.15, -0.1) is 5.10 Å². The molecule has 7 nitrogen and oxygen atoms in total. The smallest absolute Gasteiger partial charge is 0.261 e. The number of carbonyl (C=O) groups excluding carboxylic acids is 1. The van der Waals surface area contributed by atoms with Gasteiger partial charge in [0.2, 0.25) is 5.95 Å². The Labute approximate surface area is 154 Å². The van der Waals surface area contributed by atoms with Crippen LogP contribution in [0, 0.1) is 6.92 Å². The molecule has 1 N–H and O–H groups in total. The lowest BCUT2D eigenvalue weighted by molar-refractivity contribution is 0.102. The number of rotatable bonds is 5. The number of hydrogen-bond donors (Lipinski definition) is 1. The van der Waals surface area contributed by atoms with Gasteiger partial charge in [0.15, 0.2) is 0 Å². The van der Waals surface area contributed by atoms with Crippen molar-refractivity contribution in [3.8, 4) is 0 Å². The second-order valence-electron chi connectivity index (χ2n) is 5.43. The van der Waals surface area contributed by atoms with E-state index < -0.39 is 0 Å². The van der Waals surface area contributed by atoms with E-state index in [-0.39, 0.29) is 11.9 Å². The number of aromatic nitrogens is 5. The predicted molar refractivity (Wildman–Crippen MR) is 96.2 cm³/mol. The van der Waals surface area contributed by atoms with Gasteiger partial charge in [-0.2, -0.15) is 5.10 Å². The number of halogens is 2. The van der Waals surface area contributed by atoms with Gasteiger partial charge in [-0.3, -0.25) is 14.8 Å². The molecule has 130 valence electrons. The molecule has 0 fully saturated rings. The van der Waals surface area contributed by atoms with Crippen molar-refractivity contribution >= 4 is 35.1 Å². The van der Waals surface area contributed by atoms with Crippen LogP contribution in [0.3, 0.4) is 0 Å². The lowest BCUT2D eigenvalue weighted by Crippen LogP contribution is -2.14. The molecule has 3 rings (SSSR count). The summed E-state index contributed by atoms with van der Waals surface area (Å²) in [6, 6.07) is 5.36. The van der Waals surface area contributed by atoms with E-state index in [1.807, 2.05) is 19.9 Å². The highest BCUT2D eigenvalue weighted by Gasteiger charge is 2.15. The molecule has 1 aromatic carbocycles. The molecule has 0 radical (unpaired) electrons. The Hall–Kier alpha value is -2.38. The molecule has 0 atom stereocenters. The summed E-state index contributed by atoms with van der Waals surface area (Å²) in [4.78, 5) is 16.4. The first-order valence-electron chi connectivity index (χ1n) is 7.65. The highest BCUT2D eigenvalue weighted by atomic mass is 35.5. The van der Waals surface area contributed by atoms with Crippen LogP contribution in [0.5, 0.6) is 0 Å². The largest absolute Gasteiger partial charge is 0.289 e. The number of nitrogens with one attached hydrogen (secondary N) is 1. The average Bonchev–Trinajstić information content (AvgIpc) is 3.17. The summed E-state index contributed by atoms with van der Waals surface area (Å²) in [7, 11) is 0. The van der Waals surface area contributed by atoms with E-state index in [9.17, 15) is 4.79 Å². The van der Waals surface area contributed by atoms with E-state index in [1.165, 1.54) is 0 Å². The van der Waals surface area contributed by atoms with Gasteiger partial charge < -0.3 is 0 Å². The molecule has 25 heavy (non-hydrogen) atoms. The average molecular weight is 379 g/mol. The molecule has 0 aliphatic heterocycles. The van der Waals surface area contributed by atoms with Gasteiger partial charge in [-0.1, -0.05) is 29.3 Å². The normalized spacial score (nSPS) is 10.9. The van der Waals surface area contributed by atoms with Gasteiger partial charge >= 0.3 is 0 Å². The first-order valence-corrected chi connectivity index (χ1v) is 8.40. The van der Waals surface area contributed by atoms with E-state index in [1.54, 1.807) is 34.0 Å². The standard InChI is InChI=1S/C16H16Cl2N6O/c1-3-24-10(2)12(7-20-24)15(25)21-16-19-9-23(22-16)8-11-4-5-13(17)14(18)6-11/h4-7,9H,3,8H2,1-2H3,(H,21,22,25). The van der Waals surface area contributed by atoms with Gasteiger partial charge in [-0.25, -0.2) is 9.67 Å². The Balaban J connectivity index is 1.69. The number of benzene rings is 1. The lowest BCUT2D eigenvalue weighted by atomic mass is 10.2. The maximum Gasteiger partial charge on any atom is 0.261 e. The molecule has 0 unspecified atom stereocenters. The minimum Gasteiger partial charge on any atom is -0.289 e. The second-order valence-corrected chi connectivity index (χ2v) is 6.24. The van der Waals surface area contributed by atoms with Gasteiger partial charge in [0, 0.05) is 12.2 Å². The highest BCUT2D eigenvalue weighted by molar-refractivity contribution is 6.42. The van der Waals surface area contributed by atoms with Crippen LogP contribution < -0.4 is 5.32 Å². The predicted octanol–water partition coefficient (Wildman–Crippen LogP) is 3.41. The van der Waals surface area contributed by atoms with E-state index in [2.05, 4.69) is 20.5 Å². The summed E-state index contributed by atoms with van der Waals surface area (Å²) >= 11 is 11.9. The molecule has 9 heteroatoms. The summed E-state index contributed by atoms with van der Waals surface area (Å²) < 4.78 is 3.36. The Morgan fingerprint density at radius 1 is 1.28 bits per heavy atom. The third kappa shape index (κ3) is 3.83. The van der Waals surface area contributed by atoms with Crippen molar-refractivity contribution in [1.82, 2.24) is 24.5 Å². The van der Waals surface area contributed by atoms with Gasteiger partial charge in [0.1, 0.15) is 6.33 Å². The first-order chi connectivity index (χ1) is 12.0. The van der Waals surface area contributed by atoms with Crippen molar-refractivity contribution in [3.05, 3.63) is 57.6 Å². The number of nitrogens with zero attached hydrogens (tertiary/aromatic N) is 5. The van der Waals surface area contributed by atoms with E-state index in [0.717, 1.165) is 11.3 Å². The second kappa shape index (κ2) is 7.25. The summed E-state index contributed by atoms with van der Waals surface area (Å²) in [5.41, 5.74) is 2.23. The van der Waals surface area contributed by atoms with Crippen LogP contribution in [0.1, 0.15) is 28.5 Å². The zero-order valence-corrected chi connectivity index (χ0v) is 15.2.